The first-order chi connectivity index (χ1) is 9.79. The molecular formula is C17H24O4. The molecule has 0 saturated heterocycles. The summed E-state index contributed by atoms with van der Waals surface area (Å²) in [5, 5.41) is 0. The van der Waals surface area contributed by atoms with E-state index in [9.17, 15) is 9.59 Å². The smallest absolute Gasteiger partial charge is 0.316 e. The summed E-state index contributed by atoms with van der Waals surface area (Å²) in [6.45, 7) is 8.92. The van der Waals surface area contributed by atoms with Crippen LogP contribution in [0.5, 0.6) is 0 Å². The van der Waals surface area contributed by atoms with Gasteiger partial charge in [0.05, 0.1) is 5.92 Å². The van der Waals surface area contributed by atoms with Crippen LogP contribution in [0.3, 0.4) is 0 Å². The third-order valence-corrected chi connectivity index (χ3v) is 3.09. The molecule has 1 aromatic carbocycles. The van der Waals surface area contributed by atoms with Crippen molar-refractivity contribution in [3.05, 3.63) is 35.4 Å². The highest BCUT2D eigenvalue weighted by Gasteiger charge is 2.20. The molecule has 0 radical (unpaired) electrons. The molecule has 4 heteroatoms. The van der Waals surface area contributed by atoms with Crippen LogP contribution in [-0.2, 0) is 25.5 Å². The Kier molecular flexibility index (Phi) is 6.40. The summed E-state index contributed by atoms with van der Waals surface area (Å²) >= 11 is 0. The van der Waals surface area contributed by atoms with Crippen LogP contribution < -0.4 is 0 Å². The molecule has 0 unspecified atom stereocenters. The fraction of sp³-hybridized carbons (Fsp3) is 0.529. The highest BCUT2D eigenvalue weighted by molar-refractivity contribution is 5.78. The lowest BCUT2D eigenvalue weighted by molar-refractivity contribution is -0.183. The summed E-state index contributed by atoms with van der Waals surface area (Å²) in [5.74, 6) is -0.666. The Morgan fingerprint density at radius 2 is 1.57 bits per heavy atom. The number of ether oxygens (including phenoxy) is 2. The van der Waals surface area contributed by atoms with Crippen molar-refractivity contribution in [3.8, 4) is 0 Å². The number of rotatable bonds is 6. The van der Waals surface area contributed by atoms with Crippen LogP contribution in [0, 0.1) is 5.92 Å². The van der Waals surface area contributed by atoms with Crippen molar-refractivity contribution in [1.82, 2.24) is 0 Å². The zero-order chi connectivity index (χ0) is 16.0. The second-order valence-corrected chi connectivity index (χ2v) is 5.68. The Hall–Kier alpha value is -1.84. The summed E-state index contributed by atoms with van der Waals surface area (Å²) in [4.78, 5) is 22.8. The quantitative estimate of drug-likeness (QED) is 0.595. The molecule has 1 aromatic rings. The lowest BCUT2D eigenvalue weighted by Crippen LogP contribution is -2.23. The van der Waals surface area contributed by atoms with Gasteiger partial charge in [0.25, 0.3) is 0 Å². The van der Waals surface area contributed by atoms with Crippen LogP contribution in [-0.4, -0.2) is 18.2 Å². The normalized spacial score (nSPS) is 13.6. The third-order valence-electron chi connectivity index (χ3n) is 3.09. The van der Waals surface area contributed by atoms with E-state index in [1.807, 2.05) is 24.3 Å². The molecule has 2 atom stereocenters. The van der Waals surface area contributed by atoms with Crippen molar-refractivity contribution < 1.29 is 19.1 Å². The minimum atomic E-state index is -0.863. The number of carbonyl (C=O) groups excluding carboxylic acids is 2. The predicted molar refractivity (Wildman–Crippen MR) is 80.7 cm³/mol. The minimum Gasteiger partial charge on any atom is -0.426 e. The molecule has 0 amide bonds. The molecule has 4 nitrogen and oxygen atoms in total. The largest absolute Gasteiger partial charge is 0.426 e. The zero-order valence-electron chi connectivity index (χ0n) is 13.4. The Bertz CT molecular complexity index is 476. The summed E-state index contributed by atoms with van der Waals surface area (Å²) in [7, 11) is 0. The van der Waals surface area contributed by atoms with Gasteiger partial charge in [0, 0.05) is 13.8 Å². The molecule has 0 heterocycles. The Balaban J connectivity index is 2.63. The van der Waals surface area contributed by atoms with Crippen LogP contribution in [0.1, 0.15) is 51.7 Å². The van der Waals surface area contributed by atoms with E-state index < -0.39 is 24.1 Å². The van der Waals surface area contributed by atoms with Gasteiger partial charge in [-0.05, 0) is 30.4 Å². The maximum atomic E-state index is 12.0. The summed E-state index contributed by atoms with van der Waals surface area (Å²) in [5.41, 5.74) is 2.14. The van der Waals surface area contributed by atoms with Gasteiger partial charge in [-0.1, -0.05) is 38.1 Å². The molecule has 1 rings (SSSR count). The van der Waals surface area contributed by atoms with Gasteiger partial charge >= 0.3 is 11.9 Å². The Morgan fingerprint density at radius 3 is 2.05 bits per heavy atom. The van der Waals surface area contributed by atoms with Crippen molar-refractivity contribution in [2.24, 2.45) is 5.92 Å². The Morgan fingerprint density at radius 1 is 1.00 bits per heavy atom. The van der Waals surface area contributed by atoms with Crippen molar-refractivity contribution in [1.29, 1.82) is 0 Å². The first-order valence-electron chi connectivity index (χ1n) is 7.26. The van der Waals surface area contributed by atoms with Crippen molar-refractivity contribution in [2.75, 3.05) is 0 Å². The van der Waals surface area contributed by atoms with Gasteiger partial charge in [-0.2, -0.15) is 0 Å². The molecule has 0 fully saturated rings. The van der Waals surface area contributed by atoms with Crippen LogP contribution >= 0.6 is 0 Å². The van der Waals surface area contributed by atoms with E-state index in [-0.39, 0.29) is 0 Å². The summed E-state index contributed by atoms with van der Waals surface area (Å²) < 4.78 is 9.88. The van der Waals surface area contributed by atoms with Crippen LogP contribution in [0.4, 0.5) is 0 Å². The van der Waals surface area contributed by atoms with Gasteiger partial charge in [-0.25, -0.2) is 0 Å². The highest BCUT2D eigenvalue weighted by atomic mass is 16.7. The molecular weight excluding hydrogens is 268 g/mol. The maximum absolute atomic E-state index is 12.0. The second kappa shape index (κ2) is 7.81. The van der Waals surface area contributed by atoms with Crippen molar-refractivity contribution in [2.45, 2.75) is 53.2 Å². The van der Waals surface area contributed by atoms with E-state index in [1.165, 1.54) is 19.4 Å². The van der Waals surface area contributed by atoms with Crippen LogP contribution in [0.2, 0.25) is 0 Å². The average molecular weight is 292 g/mol. The van der Waals surface area contributed by atoms with Gasteiger partial charge in [-0.3, -0.25) is 9.59 Å². The molecule has 0 bridgehead atoms. The topological polar surface area (TPSA) is 52.6 Å². The Labute approximate surface area is 126 Å². The van der Waals surface area contributed by atoms with Gasteiger partial charge in [0.15, 0.2) is 0 Å². The molecule has 0 spiro atoms. The maximum Gasteiger partial charge on any atom is 0.316 e. The zero-order valence-corrected chi connectivity index (χ0v) is 13.4. The lowest BCUT2D eigenvalue weighted by Gasteiger charge is -2.17. The average Bonchev–Trinajstić information content (AvgIpc) is 2.36. The first kappa shape index (κ1) is 17.2. The molecule has 0 N–H and O–H groups in total. The van der Waals surface area contributed by atoms with E-state index >= 15 is 0 Å². The van der Waals surface area contributed by atoms with E-state index in [4.69, 9.17) is 9.47 Å². The summed E-state index contributed by atoms with van der Waals surface area (Å²) in [6.07, 6.45) is 0.153. The van der Waals surface area contributed by atoms with Crippen molar-refractivity contribution in [3.63, 3.8) is 0 Å². The molecule has 116 valence electrons. The molecule has 0 aliphatic heterocycles. The van der Waals surface area contributed by atoms with Gasteiger partial charge < -0.3 is 9.47 Å². The molecule has 0 saturated carbocycles. The molecule has 0 aliphatic carbocycles. The minimum absolute atomic E-state index is 0.392. The van der Waals surface area contributed by atoms with Crippen LogP contribution in [0.25, 0.3) is 0 Å². The van der Waals surface area contributed by atoms with Gasteiger partial charge in [0.1, 0.15) is 0 Å². The number of esters is 2. The monoisotopic (exact) mass is 292 g/mol. The van der Waals surface area contributed by atoms with Crippen molar-refractivity contribution >= 4 is 11.9 Å². The lowest BCUT2D eigenvalue weighted by atomic mass is 9.97. The van der Waals surface area contributed by atoms with Crippen LogP contribution in [0.15, 0.2) is 24.3 Å². The predicted octanol–water partition coefficient (Wildman–Crippen LogP) is 3.44. The fourth-order valence-corrected chi connectivity index (χ4v) is 2.07. The van der Waals surface area contributed by atoms with E-state index in [2.05, 4.69) is 13.8 Å². The summed E-state index contributed by atoms with van der Waals surface area (Å²) in [6, 6.07) is 7.96. The number of hydrogen-bond donors (Lipinski definition) is 0. The number of benzene rings is 1. The highest BCUT2D eigenvalue weighted by Crippen LogP contribution is 2.19. The van der Waals surface area contributed by atoms with E-state index in [0.29, 0.717) is 5.92 Å². The molecule has 0 aliphatic rings. The SMILES string of the molecule is CC(=O)O[C@@H](C)OC(=O)[C@H](C)c1ccc(CC(C)C)cc1. The first-order valence-corrected chi connectivity index (χ1v) is 7.26. The van der Waals surface area contributed by atoms with Gasteiger partial charge in [0.2, 0.25) is 6.29 Å². The molecule has 0 aromatic heterocycles. The number of carbonyl (C=O) groups is 2. The second-order valence-electron chi connectivity index (χ2n) is 5.68. The standard InChI is InChI=1S/C17H24O4/c1-11(2)10-15-6-8-16(9-7-15)12(3)17(19)21-14(5)20-13(4)18/h6-9,11-12,14H,10H2,1-5H3/t12-,14-/m1/s1. The number of hydrogen-bond acceptors (Lipinski definition) is 4. The fourth-order valence-electron chi connectivity index (χ4n) is 2.07. The third kappa shape index (κ3) is 5.98. The van der Waals surface area contributed by atoms with Gasteiger partial charge in [-0.15, -0.1) is 0 Å². The van der Waals surface area contributed by atoms with E-state index in [1.54, 1.807) is 6.92 Å². The van der Waals surface area contributed by atoms with E-state index in [0.717, 1.165) is 12.0 Å². The molecule has 21 heavy (non-hydrogen) atoms.